The van der Waals surface area contributed by atoms with Gasteiger partial charge in [0.2, 0.25) is 0 Å². The number of nitrogens with two attached hydrogens (primary N) is 1. The van der Waals surface area contributed by atoms with Gasteiger partial charge in [0.25, 0.3) is 5.91 Å². The van der Waals surface area contributed by atoms with Crippen molar-refractivity contribution in [2.75, 3.05) is 45.9 Å². The summed E-state index contributed by atoms with van der Waals surface area (Å²) < 4.78 is 11.1. The lowest BCUT2D eigenvalue weighted by atomic mass is 10.2. The maximum Gasteiger partial charge on any atom is 0.251 e. The van der Waals surface area contributed by atoms with Crippen LogP contribution in [0, 0.1) is 0 Å². The highest BCUT2D eigenvalue weighted by Crippen LogP contribution is 2.24. The van der Waals surface area contributed by atoms with Crippen LogP contribution in [0.4, 0.5) is 0 Å². The molecular weight excluding hydrogens is 258 g/mol. The SMILES string of the molecule is NC[C@H]1CC[C@@H](C(=O)N2CCC(N3CCOCC3)C2)O1. The third-order valence-electron chi connectivity index (χ3n) is 4.68. The van der Waals surface area contributed by atoms with E-state index in [4.69, 9.17) is 15.2 Å². The van der Waals surface area contributed by atoms with Gasteiger partial charge in [0, 0.05) is 38.8 Å². The second-order valence-electron chi connectivity index (χ2n) is 5.93. The molecule has 20 heavy (non-hydrogen) atoms. The van der Waals surface area contributed by atoms with E-state index in [0.29, 0.717) is 12.6 Å². The van der Waals surface area contributed by atoms with Crippen molar-refractivity contribution in [1.29, 1.82) is 0 Å². The molecule has 6 nitrogen and oxygen atoms in total. The summed E-state index contributed by atoms with van der Waals surface area (Å²) >= 11 is 0. The minimum absolute atomic E-state index is 0.0709. The van der Waals surface area contributed by atoms with Crippen molar-refractivity contribution in [2.24, 2.45) is 5.73 Å². The molecule has 1 amide bonds. The lowest BCUT2D eigenvalue weighted by molar-refractivity contribution is -0.141. The summed E-state index contributed by atoms with van der Waals surface area (Å²) in [6, 6.07) is 0.495. The first kappa shape index (κ1) is 14.3. The Morgan fingerprint density at radius 2 is 1.95 bits per heavy atom. The minimum Gasteiger partial charge on any atom is -0.379 e. The van der Waals surface area contributed by atoms with Crippen molar-refractivity contribution in [3.05, 3.63) is 0 Å². The zero-order valence-corrected chi connectivity index (χ0v) is 12.0. The number of nitrogens with zero attached hydrogens (tertiary/aromatic N) is 2. The van der Waals surface area contributed by atoms with Gasteiger partial charge in [-0.15, -0.1) is 0 Å². The molecule has 0 aliphatic carbocycles. The zero-order valence-electron chi connectivity index (χ0n) is 12.0. The predicted molar refractivity (Wildman–Crippen MR) is 74.3 cm³/mol. The van der Waals surface area contributed by atoms with E-state index in [1.807, 2.05) is 4.90 Å². The van der Waals surface area contributed by atoms with Crippen LogP contribution in [-0.2, 0) is 14.3 Å². The molecule has 0 aromatic carbocycles. The van der Waals surface area contributed by atoms with Gasteiger partial charge in [0.15, 0.2) is 0 Å². The van der Waals surface area contributed by atoms with Gasteiger partial charge in [0.1, 0.15) is 6.10 Å². The molecule has 1 unspecified atom stereocenters. The van der Waals surface area contributed by atoms with Crippen molar-refractivity contribution >= 4 is 5.91 Å². The van der Waals surface area contributed by atoms with Crippen molar-refractivity contribution < 1.29 is 14.3 Å². The number of hydrogen-bond donors (Lipinski definition) is 1. The summed E-state index contributed by atoms with van der Waals surface area (Å²) in [6.07, 6.45) is 2.61. The molecule has 0 radical (unpaired) electrons. The Morgan fingerprint density at radius 3 is 2.65 bits per heavy atom. The van der Waals surface area contributed by atoms with Crippen LogP contribution in [-0.4, -0.2) is 79.9 Å². The third-order valence-corrected chi connectivity index (χ3v) is 4.68. The fourth-order valence-corrected chi connectivity index (χ4v) is 3.45. The number of hydrogen-bond acceptors (Lipinski definition) is 5. The quantitative estimate of drug-likeness (QED) is 0.751. The molecule has 3 saturated heterocycles. The standard InChI is InChI=1S/C14H25N3O3/c15-9-12-1-2-13(20-12)14(18)17-4-3-11(10-17)16-5-7-19-8-6-16/h11-13H,1-10,15H2/t11?,12-,13+/m1/s1. The number of rotatable bonds is 3. The molecule has 6 heteroatoms. The highest BCUT2D eigenvalue weighted by Gasteiger charge is 2.37. The number of ether oxygens (including phenoxy) is 2. The summed E-state index contributed by atoms with van der Waals surface area (Å²) in [4.78, 5) is 16.9. The highest BCUT2D eigenvalue weighted by molar-refractivity contribution is 5.81. The Bertz CT molecular complexity index is 347. The number of likely N-dealkylation sites (tertiary alicyclic amines) is 1. The summed E-state index contributed by atoms with van der Waals surface area (Å²) in [7, 11) is 0. The van der Waals surface area contributed by atoms with Crippen LogP contribution in [0.15, 0.2) is 0 Å². The van der Waals surface area contributed by atoms with E-state index in [0.717, 1.165) is 58.7 Å². The molecule has 2 N–H and O–H groups in total. The number of carbonyl (C=O) groups is 1. The van der Waals surface area contributed by atoms with E-state index < -0.39 is 0 Å². The predicted octanol–water partition coefficient (Wildman–Crippen LogP) is -0.574. The van der Waals surface area contributed by atoms with E-state index in [1.54, 1.807) is 0 Å². The van der Waals surface area contributed by atoms with Gasteiger partial charge in [-0.05, 0) is 19.3 Å². The minimum atomic E-state index is -0.257. The van der Waals surface area contributed by atoms with E-state index in [2.05, 4.69) is 4.90 Å². The Hall–Kier alpha value is -0.690. The summed E-state index contributed by atoms with van der Waals surface area (Å²) in [5.74, 6) is 0.164. The van der Waals surface area contributed by atoms with Crippen LogP contribution in [0.1, 0.15) is 19.3 Å². The smallest absolute Gasteiger partial charge is 0.251 e. The first-order valence-electron chi connectivity index (χ1n) is 7.74. The van der Waals surface area contributed by atoms with Gasteiger partial charge in [-0.1, -0.05) is 0 Å². The molecule has 0 aromatic heterocycles. The molecule has 3 aliphatic heterocycles. The molecule has 0 saturated carbocycles. The molecule has 3 heterocycles. The fourth-order valence-electron chi connectivity index (χ4n) is 3.45. The van der Waals surface area contributed by atoms with Crippen LogP contribution in [0.5, 0.6) is 0 Å². The second-order valence-corrected chi connectivity index (χ2v) is 5.93. The molecule has 3 atom stereocenters. The number of carbonyl (C=O) groups excluding carboxylic acids is 1. The van der Waals surface area contributed by atoms with Gasteiger partial charge in [0.05, 0.1) is 19.3 Å². The average Bonchev–Trinajstić information content (AvgIpc) is 3.17. The van der Waals surface area contributed by atoms with E-state index in [1.165, 1.54) is 0 Å². The van der Waals surface area contributed by atoms with Crippen LogP contribution < -0.4 is 5.73 Å². The maximum absolute atomic E-state index is 12.5. The normalized spacial score (nSPS) is 35.6. The van der Waals surface area contributed by atoms with Crippen molar-refractivity contribution in [3.63, 3.8) is 0 Å². The van der Waals surface area contributed by atoms with Crippen molar-refractivity contribution in [3.8, 4) is 0 Å². The third kappa shape index (κ3) is 2.98. The first-order valence-corrected chi connectivity index (χ1v) is 7.74. The highest BCUT2D eigenvalue weighted by atomic mass is 16.5. The first-order chi connectivity index (χ1) is 9.78. The Morgan fingerprint density at radius 1 is 1.15 bits per heavy atom. The molecular formula is C14H25N3O3. The summed E-state index contributed by atoms with van der Waals surface area (Å²) in [6.45, 7) is 5.81. The van der Waals surface area contributed by atoms with Crippen LogP contribution >= 0.6 is 0 Å². The molecule has 3 fully saturated rings. The van der Waals surface area contributed by atoms with Gasteiger partial charge in [-0.3, -0.25) is 9.69 Å². The number of amides is 1. The Balaban J connectivity index is 1.50. The van der Waals surface area contributed by atoms with Crippen LogP contribution in [0.25, 0.3) is 0 Å². The summed E-state index contributed by atoms with van der Waals surface area (Å²) in [5, 5.41) is 0. The van der Waals surface area contributed by atoms with Gasteiger partial charge in [-0.25, -0.2) is 0 Å². The monoisotopic (exact) mass is 283 g/mol. The van der Waals surface area contributed by atoms with Crippen molar-refractivity contribution in [1.82, 2.24) is 9.80 Å². The molecule has 0 bridgehead atoms. The Kier molecular flexibility index (Phi) is 4.55. The average molecular weight is 283 g/mol. The van der Waals surface area contributed by atoms with Crippen molar-refractivity contribution in [2.45, 2.75) is 37.5 Å². The molecule has 3 aliphatic rings. The van der Waals surface area contributed by atoms with Crippen LogP contribution in [0.2, 0.25) is 0 Å². The molecule has 114 valence electrons. The van der Waals surface area contributed by atoms with E-state index >= 15 is 0 Å². The molecule has 3 rings (SSSR count). The summed E-state index contributed by atoms with van der Waals surface area (Å²) in [5.41, 5.74) is 5.60. The second kappa shape index (κ2) is 6.39. The fraction of sp³-hybridized carbons (Fsp3) is 0.929. The largest absolute Gasteiger partial charge is 0.379 e. The number of morpholine rings is 1. The molecule has 0 spiro atoms. The van der Waals surface area contributed by atoms with E-state index in [9.17, 15) is 4.79 Å². The lowest BCUT2D eigenvalue weighted by Gasteiger charge is -2.32. The van der Waals surface area contributed by atoms with Crippen LogP contribution in [0.3, 0.4) is 0 Å². The van der Waals surface area contributed by atoms with Gasteiger partial charge < -0.3 is 20.1 Å². The topological polar surface area (TPSA) is 68.0 Å². The zero-order chi connectivity index (χ0) is 13.9. The van der Waals surface area contributed by atoms with Gasteiger partial charge >= 0.3 is 0 Å². The lowest BCUT2D eigenvalue weighted by Crippen LogP contribution is -2.46. The molecule has 0 aromatic rings. The van der Waals surface area contributed by atoms with Gasteiger partial charge in [-0.2, -0.15) is 0 Å². The van der Waals surface area contributed by atoms with E-state index in [-0.39, 0.29) is 18.1 Å². The Labute approximate surface area is 120 Å². The maximum atomic E-state index is 12.5.